The summed E-state index contributed by atoms with van der Waals surface area (Å²) in [7, 11) is 3.27. The van der Waals surface area contributed by atoms with E-state index < -0.39 is 0 Å². The fourth-order valence-corrected chi connectivity index (χ4v) is 4.03. The Labute approximate surface area is 177 Å². The van der Waals surface area contributed by atoms with E-state index in [-0.39, 0.29) is 12.1 Å². The lowest BCUT2D eigenvalue weighted by Crippen LogP contribution is -2.47. The molecule has 30 heavy (non-hydrogen) atoms. The lowest BCUT2D eigenvalue weighted by molar-refractivity contribution is 0.167. The molecule has 3 aromatic rings. The van der Waals surface area contributed by atoms with Crippen LogP contribution in [0.1, 0.15) is 22.9 Å². The Bertz CT molecular complexity index is 1000. The SMILES string of the molecule is COc1ccc([C@H]2c3cccn3CCN2C(=O)NCCc2ccccc2)c(OC)c1. The van der Waals surface area contributed by atoms with Crippen molar-refractivity contribution in [2.24, 2.45) is 0 Å². The van der Waals surface area contributed by atoms with E-state index in [4.69, 9.17) is 9.47 Å². The van der Waals surface area contributed by atoms with E-state index in [9.17, 15) is 4.79 Å². The lowest BCUT2D eigenvalue weighted by Gasteiger charge is -2.37. The highest BCUT2D eigenvalue weighted by atomic mass is 16.5. The van der Waals surface area contributed by atoms with Gasteiger partial charge in [-0.05, 0) is 36.2 Å². The maximum atomic E-state index is 13.2. The van der Waals surface area contributed by atoms with Crippen LogP contribution >= 0.6 is 0 Å². The minimum atomic E-state index is -0.230. The molecule has 0 saturated heterocycles. The van der Waals surface area contributed by atoms with E-state index in [1.165, 1.54) is 5.56 Å². The van der Waals surface area contributed by atoms with Crippen molar-refractivity contribution >= 4 is 6.03 Å². The number of hydrogen-bond donors (Lipinski definition) is 1. The number of hydrogen-bond acceptors (Lipinski definition) is 3. The first kappa shape index (κ1) is 19.9. The van der Waals surface area contributed by atoms with Crippen LogP contribution < -0.4 is 14.8 Å². The zero-order chi connectivity index (χ0) is 20.9. The summed E-state index contributed by atoms with van der Waals surface area (Å²) in [4.78, 5) is 15.1. The Balaban J connectivity index is 1.58. The van der Waals surface area contributed by atoms with Gasteiger partial charge in [0.05, 0.1) is 14.2 Å². The van der Waals surface area contributed by atoms with Crippen molar-refractivity contribution in [1.29, 1.82) is 0 Å². The number of nitrogens with zero attached hydrogens (tertiary/aromatic N) is 2. The number of urea groups is 1. The number of aromatic nitrogens is 1. The van der Waals surface area contributed by atoms with Crippen molar-refractivity contribution in [3.63, 3.8) is 0 Å². The number of benzene rings is 2. The van der Waals surface area contributed by atoms with Gasteiger partial charge in [0.1, 0.15) is 17.5 Å². The number of carbonyl (C=O) groups is 1. The molecule has 0 aliphatic carbocycles. The molecule has 6 heteroatoms. The van der Waals surface area contributed by atoms with E-state index in [1.54, 1.807) is 14.2 Å². The molecular weight excluding hydrogens is 378 g/mol. The van der Waals surface area contributed by atoms with Gasteiger partial charge in [0.15, 0.2) is 0 Å². The highest BCUT2D eigenvalue weighted by molar-refractivity contribution is 5.75. The van der Waals surface area contributed by atoms with Gasteiger partial charge in [-0.2, -0.15) is 0 Å². The third-order valence-electron chi connectivity index (χ3n) is 5.57. The first-order chi connectivity index (χ1) is 14.7. The highest BCUT2D eigenvalue weighted by Crippen LogP contribution is 2.38. The molecule has 2 aromatic carbocycles. The Morgan fingerprint density at radius 1 is 1.03 bits per heavy atom. The molecule has 1 N–H and O–H groups in total. The molecule has 0 fully saturated rings. The summed E-state index contributed by atoms with van der Waals surface area (Å²) >= 11 is 0. The van der Waals surface area contributed by atoms with Crippen molar-refractivity contribution in [2.45, 2.75) is 19.0 Å². The second-order valence-electron chi connectivity index (χ2n) is 7.30. The molecule has 0 spiro atoms. The van der Waals surface area contributed by atoms with Crippen LogP contribution in [-0.4, -0.2) is 42.8 Å². The zero-order valence-electron chi connectivity index (χ0n) is 17.4. The summed E-state index contributed by atoms with van der Waals surface area (Å²) in [6, 6.07) is 19.7. The Hall–Kier alpha value is -3.41. The average Bonchev–Trinajstić information content (AvgIpc) is 3.27. The molecule has 1 atom stereocenters. The van der Waals surface area contributed by atoms with Gasteiger partial charge in [-0.1, -0.05) is 30.3 Å². The van der Waals surface area contributed by atoms with Gasteiger partial charge in [-0.25, -0.2) is 4.79 Å². The second kappa shape index (κ2) is 8.95. The maximum Gasteiger partial charge on any atom is 0.318 e. The minimum absolute atomic E-state index is 0.0683. The van der Waals surface area contributed by atoms with Crippen LogP contribution in [0.15, 0.2) is 66.9 Å². The monoisotopic (exact) mass is 405 g/mol. The average molecular weight is 405 g/mol. The molecule has 2 heterocycles. The number of rotatable bonds is 6. The van der Waals surface area contributed by atoms with Gasteiger partial charge in [0.2, 0.25) is 0 Å². The predicted octanol–water partition coefficient (Wildman–Crippen LogP) is 3.86. The van der Waals surface area contributed by atoms with Crippen LogP contribution in [-0.2, 0) is 13.0 Å². The smallest absolute Gasteiger partial charge is 0.318 e. The molecule has 0 unspecified atom stereocenters. The van der Waals surface area contributed by atoms with Crippen LogP contribution in [0.4, 0.5) is 4.79 Å². The van der Waals surface area contributed by atoms with Gasteiger partial charge in [-0.3, -0.25) is 0 Å². The summed E-state index contributed by atoms with van der Waals surface area (Å²) in [5, 5.41) is 3.10. The summed E-state index contributed by atoms with van der Waals surface area (Å²) < 4.78 is 13.2. The quantitative estimate of drug-likeness (QED) is 0.678. The summed E-state index contributed by atoms with van der Waals surface area (Å²) in [5.41, 5.74) is 3.22. The van der Waals surface area contributed by atoms with Crippen LogP contribution in [0.3, 0.4) is 0 Å². The Morgan fingerprint density at radius 2 is 1.87 bits per heavy atom. The van der Waals surface area contributed by atoms with Crippen molar-refractivity contribution in [3.05, 3.63) is 83.7 Å². The van der Waals surface area contributed by atoms with Crippen LogP contribution in [0, 0.1) is 0 Å². The van der Waals surface area contributed by atoms with E-state index in [0.29, 0.717) is 18.8 Å². The third kappa shape index (κ3) is 3.99. The summed E-state index contributed by atoms with van der Waals surface area (Å²) in [5.74, 6) is 1.43. The molecule has 1 aromatic heterocycles. The van der Waals surface area contributed by atoms with E-state index >= 15 is 0 Å². The maximum absolute atomic E-state index is 13.2. The molecular formula is C24H27N3O3. The van der Waals surface area contributed by atoms with Crippen LogP contribution in [0.25, 0.3) is 0 Å². The molecule has 0 saturated carbocycles. The fourth-order valence-electron chi connectivity index (χ4n) is 4.03. The van der Waals surface area contributed by atoms with Gasteiger partial charge in [0.25, 0.3) is 0 Å². The first-order valence-corrected chi connectivity index (χ1v) is 10.2. The normalized spacial score (nSPS) is 15.4. The molecule has 1 aliphatic rings. The second-order valence-corrected chi connectivity index (χ2v) is 7.30. The molecule has 0 bridgehead atoms. The standard InChI is InChI=1S/C24H27N3O3/c1-29-19-10-11-20(22(17-19)30-2)23-21-9-6-14-26(21)15-16-27(23)24(28)25-13-12-18-7-4-3-5-8-18/h3-11,14,17,23H,12-13,15-16H2,1-2H3,(H,25,28)/t23-/m0/s1. The molecule has 2 amide bonds. The minimum Gasteiger partial charge on any atom is -0.497 e. The van der Waals surface area contributed by atoms with Crippen molar-refractivity contribution in [1.82, 2.24) is 14.8 Å². The molecule has 0 radical (unpaired) electrons. The van der Waals surface area contributed by atoms with E-state index in [1.807, 2.05) is 47.4 Å². The van der Waals surface area contributed by atoms with Crippen molar-refractivity contribution in [3.8, 4) is 11.5 Å². The number of fused-ring (bicyclic) bond motifs is 1. The summed E-state index contributed by atoms with van der Waals surface area (Å²) in [6.45, 7) is 1.98. The zero-order valence-corrected chi connectivity index (χ0v) is 17.4. The van der Waals surface area contributed by atoms with Gasteiger partial charge >= 0.3 is 6.03 Å². The summed E-state index contributed by atoms with van der Waals surface area (Å²) in [6.07, 6.45) is 2.86. The topological polar surface area (TPSA) is 55.7 Å². The van der Waals surface area contributed by atoms with E-state index in [2.05, 4.69) is 34.3 Å². The van der Waals surface area contributed by atoms with Crippen LogP contribution in [0.2, 0.25) is 0 Å². The van der Waals surface area contributed by atoms with Gasteiger partial charge < -0.3 is 24.3 Å². The Kier molecular flexibility index (Phi) is 5.93. The molecule has 1 aliphatic heterocycles. The van der Waals surface area contributed by atoms with Gasteiger partial charge in [0, 0.05) is 43.2 Å². The number of amides is 2. The van der Waals surface area contributed by atoms with E-state index in [0.717, 1.165) is 30.0 Å². The highest BCUT2D eigenvalue weighted by Gasteiger charge is 2.34. The molecule has 6 nitrogen and oxygen atoms in total. The number of carbonyl (C=O) groups excluding carboxylic acids is 1. The number of methoxy groups -OCH3 is 2. The fraction of sp³-hybridized carbons (Fsp3) is 0.292. The van der Waals surface area contributed by atoms with Crippen molar-refractivity contribution in [2.75, 3.05) is 27.3 Å². The first-order valence-electron chi connectivity index (χ1n) is 10.2. The number of nitrogens with one attached hydrogen (secondary N) is 1. The molecule has 4 rings (SSSR count). The largest absolute Gasteiger partial charge is 0.497 e. The van der Waals surface area contributed by atoms with Crippen molar-refractivity contribution < 1.29 is 14.3 Å². The number of ether oxygens (including phenoxy) is 2. The lowest BCUT2D eigenvalue weighted by atomic mass is 9.99. The van der Waals surface area contributed by atoms with Gasteiger partial charge in [-0.15, -0.1) is 0 Å². The Morgan fingerprint density at radius 3 is 2.63 bits per heavy atom. The third-order valence-corrected chi connectivity index (χ3v) is 5.57. The van der Waals surface area contributed by atoms with Crippen LogP contribution in [0.5, 0.6) is 11.5 Å². The predicted molar refractivity (Wildman–Crippen MR) is 116 cm³/mol. The molecule has 156 valence electrons.